The van der Waals surface area contributed by atoms with E-state index in [-0.39, 0.29) is 13.2 Å². The number of hydrogen-bond donors (Lipinski definition) is 1. The molecule has 1 saturated heterocycles. The van der Waals surface area contributed by atoms with E-state index >= 15 is 0 Å². The highest BCUT2D eigenvalue weighted by molar-refractivity contribution is 5.43. The quantitative estimate of drug-likeness (QED) is 0.407. The molecule has 8 nitrogen and oxygen atoms in total. The van der Waals surface area contributed by atoms with Crippen LogP contribution < -0.4 is 14.2 Å². The number of aliphatic hydroxyl groups is 1. The number of rotatable bonds is 11. The smallest absolute Gasteiger partial charge is 0.161 e. The van der Waals surface area contributed by atoms with Crippen LogP contribution in [0.2, 0.25) is 0 Å². The first-order chi connectivity index (χ1) is 17.4. The van der Waals surface area contributed by atoms with Gasteiger partial charge in [0.05, 0.1) is 26.9 Å². The molecular weight excluding hydrogens is 458 g/mol. The Morgan fingerprint density at radius 2 is 2.00 bits per heavy atom. The highest BCUT2D eigenvalue weighted by Crippen LogP contribution is 2.29. The first-order valence-electron chi connectivity index (χ1n) is 12.4. The maximum atomic E-state index is 11.2. The van der Waals surface area contributed by atoms with E-state index in [1.807, 2.05) is 68.7 Å². The average Bonchev–Trinajstić information content (AvgIpc) is 3.18. The van der Waals surface area contributed by atoms with E-state index in [0.29, 0.717) is 32.1 Å². The summed E-state index contributed by atoms with van der Waals surface area (Å²) < 4.78 is 25.4. The largest absolute Gasteiger partial charge is 0.493 e. The number of nitrogens with zero attached hydrogens (tertiary/aromatic N) is 3. The molecule has 0 unspecified atom stereocenters. The van der Waals surface area contributed by atoms with Gasteiger partial charge in [0, 0.05) is 38.6 Å². The van der Waals surface area contributed by atoms with E-state index in [4.69, 9.17) is 18.9 Å². The summed E-state index contributed by atoms with van der Waals surface area (Å²) in [5.41, 5.74) is 1.10. The van der Waals surface area contributed by atoms with Crippen LogP contribution in [0, 0.1) is 13.8 Å². The summed E-state index contributed by atoms with van der Waals surface area (Å²) >= 11 is 0. The van der Waals surface area contributed by atoms with Crippen LogP contribution in [-0.2, 0) is 17.8 Å². The van der Waals surface area contributed by atoms with E-state index in [1.165, 1.54) is 0 Å². The van der Waals surface area contributed by atoms with Crippen LogP contribution in [0.15, 0.2) is 54.9 Å². The lowest BCUT2D eigenvalue weighted by Crippen LogP contribution is -2.48. The van der Waals surface area contributed by atoms with Crippen molar-refractivity contribution in [1.29, 1.82) is 0 Å². The molecule has 1 N–H and O–H groups in total. The molecule has 1 aromatic heterocycles. The molecule has 8 heteroatoms. The van der Waals surface area contributed by atoms with Gasteiger partial charge < -0.3 is 28.6 Å². The Kier molecular flexibility index (Phi) is 8.85. The minimum Gasteiger partial charge on any atom is -0.493 e. The zero-order chi connectivity index (χ0) is 25.4. The van der Waals surface area contributed by atoms with Crippen LogP contribution in [0.1, 0.15) is 23.4 Å². The number of hydrogen-bond acceptors (Lipinski definition) is 7. The fourth-order valence-corrected chi connectivity index (χ4v) is 4.39. The number of aryl methyl sites for hydroxylation is 3. The topological polar surface area (TPSA) is 78.2 Å². The van der Waals surface area contributed by atoms with Crippen molar-refractivity contribution >= 4 is 0 Å². The molecule has 0 aliphatic carbocycles. The van der Waals surface area contributed by atoms with Crippen molar-refractivity contribution in [3.63, 3.8) is 0 Å². The monoisotopic (exact) mass is 495 g/mol. The second-order valence-electron chi connectivity index (χ2n) is 9.45. The predicted molar refractivity (Wildman–Crippen MR) is 138 cm³/mol. The molecular formula is C28H37N3O5. The second kappa shape index (κ2) is 12.3. The molecule has 0 amide bonds. The lowest BCUT2D eigenvalue weighted by Gasteiger charge is -2.30. The Labute approximate surface area is 213 Å². The van der Waals surface area contributed by atoms with Crippen LogP contribution in [0.5, 0.6) is 17.2 Å². The number of benzene rings is 2. The van der Waals surface area contributed by atoms with Crippen LogP contribution in [0.3, 0.4) is 0 Å². The fraction of sp³-hybridized carbons (Fsp3) is 0.464. The lowest BCUT2D eigenvalue weighted by atomic mass is 10.1. The molecule has 0 saturated carbocycles. The average molecular weight is 496 g/mol. The lowest BCUT2D eigenvalue weighted by molar-refractivity contribution is -0.0646. The molecule has 4 rings (SSSR count). The third-order valence-corrected chi connectivity index (χ3v) is 6.30. The van der Waals surface area contributed by atoms with Crippen molar-refractivity contribution in [2.75, 3.05) is 46.6 Å². The highest BCUT2D eigenvalue weighted by atomic mass is 16.5. The molecule has 36 heavy (non-hydrogen) atoms. The molecule has 0 spiro atoms. The van der Waals surface area contributed by atoms with E-state index in [2.05, 4.69) is 14.5 Å². The molecule has 2 heterocycles. The Morgan fingerprint density at radius 1 is 1.11 bits per heavy atom. The molecule has 0 radical (unpaired) electrons. The van der Waals surface area contributed by atoms with E-state index in [0.717, 1.165) is 48.0 Å². The van der Waals surface area contributed by atoms with Gasteiger partial charge in [-0.2, -0.15) is 0 Å². The first-order valence-corrected chi connectivity index (χ1v) is 12.4. The SMILES string of the molecule is COc1cc(CN2CCOC[C@](O)(COc3cccc(C)c3)C2)ccc1OCCCn1ccnc1C. The minimum atomic E-state index is -1.10. The summed E-state index contributed by atoms with van der Waals surface area (Å²) in [6.07, 6.45) is 4.67. The van der Waals surface area contributed by atoms with Crippen molar-refractivity contribution in [1.82, 2.24) is 14.5 Å². The summed E-state index contributed by atoms with van der Waals surface area (Å²) in [5, 5.41) is 11.2. The van der Waals surface area contributed by atoms with E-state index < -0.39 is 5.60 Å². The van der Waals surface area contributed by atoms with Gasteiger partial charge in [-0.1, -0.05) is 18.2 Å². The maximum Gasteiger partial charge on any atom is 0.161 e. The van der Waals surface area contributed by atoms with Gasteiger partial charge in [-0.3, -0.25) is 4.90 Å². The van der Waals surface area contributed by atoms with Crippen molar-refractivity contribution in [3.05, 3.63) is 71.8 Å². The van der Waals surface area contributed by atoms with E-state index in [1.54, 1.807) is 7.11 Å². The van der Waals surface area contributed by atoms with Crippen molar-refractivity contribution in [2.45, 2.75) is 39.0 Å². The highest BCUT2D eigenvalue weighted by Gasteiger charge is 2.33. The van der Waals surface area contributed by atoms with Gasteiger partial charge >= 0.3 is 0 Å². The number of imidazole rings is 1. The predicted octanol–water partition coefficient (Wildman–Crippen LogP) is 3.62. The maximum absolute atomic E-state index is 11.2. The first kappa shape index (κ1) is 26.0. The Hall–Kier alpha value is -3.07. The fourth-order valence-electron chi connectivity index (χ4n) is 4.39. The van der Waals surface area contributed by atoms with Crippen LogP contribution in [-0.4, -0.2) is 71.8 Å². The number of β-amino-alcohol motifs (C(OH)–C–C–N with tert-alkyl or cyclic N) is 1. The van der Waals surface area contributed by atoms with Gasteiger partial charge in [-0.05, 0) is 55.7 Å². The molecule has 1 aliphatic heterocycles. The Balaban J connectivity index is 1.32. The number of ether oxygens (including phenoxy) is 4. The van der Waals surface area contributed by atoms with Gasteiger partial charge in [0.1, 0.15) is 23.8 Å². The summed E-state index contributed by atoms with van der Waals surface area (Å²) in [7, 11) is 1.65. The van der Waals surface area contributed by atoms with Gasteiger partial charge in [-0.25, -0.2) is 4.98 Å². The second-order valence-corrected chi connectivity index (χ2v) is 9.45. The van der Waals surface area contributed by atoms with Gasteiger partial charge in [0.15, 0.2) is 11.5 Å². The van der Waals surface area contributed by atoms with Crippen molar-refractivity contribution in [2.24, 2.45) is 0 Å². The van der Waals surface area contributed by atoms with Gasteiger partial charge in [0.2, 0.25) is 0 Å². The molecule has 2 aromatic carbocycles. The van der Waals surface area contributed by atoms with Crippen LogP contribution in [0.25, 0.3) is 0 Å². The zero-order valence-corrected chi connectivity index (χ0v) is 21.5. The van der Waals surface area contributed by atoms with Crippen molar-refractivity contribution in [3.8, 4) is 17.2 Å². The standard InChI is InChI=1S/C28H37N3O5/c1-22-6-4-7-25(16-22)36-21-28(32)19-30(13-15-34-20-28)18-24-8-9-26(27(17-24)33-3)35-14-5-11-31-12-10-29-23(31)2/h4,6-10,12,16-17,32H,5,11,13-15,18-21H2,1-3H3/t28-/m0/s1. The number of aromatic nitrogens is 2. The summed E-state index contributed by atoms with van der Waals surface area (Å²) in [6, 6.07) is 13.8. The molecule has 1 aliphatic rings. The van der Waals surface area contributed by atoms with E-state index in [9.17, 15) is 5.11 Å². The molecule has 1 atom stereocenters. The van der Waals surface area contributed by atoms with Crippen LogP contribution >= 0.6 is 0 Å². The zero-order valence-electron chi connectivity index (χ0n) is 21.5. The Morgan fingerprint density at radius 3 is 2.78 bits per heavy atom. The number of methoxy groups -OCH3 is 1. The molecule has 0 bridgehead atoms. The summed E-state index contributed by atoms with van der Waals surface area (Å²) in [6.45, 7) is 8.26. The summed E-state index contributed by atoms with van der Waals surface area (Å²) in [5.74, 6) is 3.19. The normalized spacial score (nSPS) is 18.6. The summed E-state index contributed by atoms with van der Waals surface area (Å²) in [4.78, 5) is 6.44. The molecule has 3 aromatic rings. The molecule has 1 fully saturated rings. The third kappa shape index (κ3) is 7.22. The van der Waals surface area contributed by atoms with Gasteiger partial charge in [-0.15, -0.1) is 0 Å². The van der Waals surface area contributed by atoms with Crippen LogP contribution in [0.4, 0.5) is 0 Å². The third-order valence-electron chi connectivity index (χ3n) is 6.30. The molecule has 194 valence electrons. The minimum absolute atomic E-state index is 0.168. The van der Waals surface area contributed by atoms with Gasteiger partial charge in [0.25, 0.3) is 0 Å². The van der Waals surface area contributed by atoms with Crippen molar-refractivity contribution < 1.29 is 24.1 Å². The Bertz CT molecular complexity index is 1120.